The molecule has 146 valence electrons. The van der Waals surface area contributed by atoms with Gasteiger partial charge in [0, 0.05) is 5.56 Å². The van der Waals surface area contributed by atoms with Crippen LogP contribution in [0.15, 0.2) is 41.5 Å². The molecule has 0 aliphatic rings. The van der Waals surface area contributed by atoms with Crippen molar-refractivity contribution in [3.63, 3.8) is 0 Å². The van der Waals surface area contributed by atoms with Crippen LogP contribution in [0.1, 0.15) is 5.56 Å². The highest BCUT2D eigenvalue weighted by Gasteiger charge is 2.17. The standard InChI is InChI=1S/C19H20N4O4S/c1-24-14-7-5-6-12(8-14)11-20-23-18(21-22-19(23)28)13-9-15(25-2)17(27-4)16(10-13)26-3/h5-11H,1-4H3,(H,22,28). The Labute approximate surface area is 167 Å². The number of benzene rings is 2. The highest BCUT2D eigenvalue weighted by molar-refractivity contribution is 7.71. The van der Waals surface area contributed by atoms with E-state index >= 15 is 0 Å². The number of nitrogens with zero attached hydrogens (tertiary/aromatic N) is 3. The highest BCUT2D eigenvalue weighted by atomic mass is 32.1. The summed E-state index contributed by atoms with van der Waals surface area (Å²) in [6.45, 7) is 0. The van der Waals surface area contributed by atoms with Gasteiger partial charge in [0.25, 0.3) is 0 Å². The molecule has 0 unspecified atom stereocenters. The molecule has 0 radical (unpaired) electrons. The Morgan fingerprint density at radius 1 is 1.00 bits per heavy atom. The summed E-state index contributed by atoms with van der Waals surface area (Å²) >= 11 is 5.33. The maximum atomic E-state index is 5.41. The smallest absolute Gasteiger partial charge is 0.216 e. The summed E-state index contributed by atoms with van der Waals surface area (Å²) in [7, 11) is 6.28. The average Bonchev–Trinajstić information content (AvgIpc) is 3.11. The van der Waals surface area contributed by atoms with Gasteiger partial charge in [0.05, 0.1) is 34.7 Å². The highest BCUT2D eigenvalue weighted by Crippen LogP contribution is 2.40. The van der Waals surface area contributed by atoms with Crippen molar-refractivity contribution in [2.45, 2.75) is 0 Å². The molecule has 1 heterocycles. The molecule has 28 heavy (non-hydrogen) atoms. The third kappa shape index (κ3) is 3.84. The zero-order chi connectivity index (χ0) is 20.1. The fourth-order valence-electron chi connectivity index (χ4n) is 2.64. The summed E-state index contributed by atoms with van der Waals surface area (Å²) in [6, 6.07) is 11.1. The summed E-state index contributed by atoms with van der Waals surface area (Å²) in [5.41, 5.74) is 1.56. The molecule has 1 aromatic heterocycles. The van der Waals surface area contributed by atoms with Crippen molar-refractivity contribution >= 4 is 18.4 Å². The van der Waals surface area contributed by atoms with Gasteiger partial charge in [-0.05, 0) is 42.0 Å². The summed E-state index contributed by atoms with van der Waals surface area (Å²) in [4.78, 5) is 0. The molecule has 0 atom stereocenters. The molecule has 0 fully saturated rings. The van der Waals surface area contributed by atoms with Crippen molar-refractivity contribution < 1.29 is 18.9 Å². The molecule has 0 aliphatic heterocycles. The van der Waals surface area contributed by atoms with E-state index in [1.54, 1.807) is 46.8 Å². The fourth-order valence-corrected chi connectivity index (χ4v) is 2.82. The van der Waals surface area contributed by atoms with E-state index in [4.69, 9.17) is 31.2 Å². The number of hydrogen-bond acceptors (Lipinski definition) is 7. The zero-order valence-electron chi connectivity index (χ0n) is 15.9. The molecule has 0 saturated heterocycles. The predicted octanol–water partition coefficient (Wildman–Crippen LogP) is 3.52. The Bertz CT molecular complexity index is 1030. The number of ether oxygens (including phenoxy) is 4. The molecule has 0 amide bonds. The quantitative estimate of drug-likeness (QED) is 0.483. The number of nitrogens with one attached hydrogen (secondary N) is 1. The molecule has 0 aliphatic carbocycles. The van der Waals surface area contributed by atoms with Crippen LogP contribution in [0, 0.1) is 4.77 Å². The molecule has 1 N–H and O–H groups in total. The Balaban J connectivity index is 2.06. The molecule has 8 nitrogen and oxygen atoms in total. The summed E-state index contributed by atoms with van der Waals surface area (Å²) in [5, 5.41) is 11.5. The lowest BCUT2D eigenvalue weighted by molar-refractivity contribution is 0.324. The molecule has 0 saturated carbocycles. The van der Waals surface area contributed by atoms with Gasteiger partial charge in [0.15, 0.2) is 17.3 Å². The number of rotatable bonds is 7. The van der Waals surface area contributed by atoms with Gasteiger partial charge in [-0.15, -0.1) is 0 Å². The van der Waals surface area contributed by atoms with Gasteiger partial charge < -0.3 is 18.9 Å². The first-order chi connectivity index (χ1) is 13.6. The molecule has 9 heteroatoms. The van der Waals surface area contributed by atoms with Crippen LogP contribution in [0.25, 0.3) is 11.4 Å². The van der Waals surface area contributed by atoms with Crippen LogP contribution in [0.4, 0.5) is 0 Å². The van der Waals surface area contributed by atoms with Crippen molar-refractivity contribution in [1.82, 2.24) is 14.9 Å². The molecule has 3 rings (SSSR count). The fraction of sp³-hybridized carbons (Fsp3) is 0.211. The third-order valence-corrected chi connectivity index (χ3v) is 4.25. The number of aromatic amines is 1. The van der Waals surface area contributed by atoms with E-state index in [0.717, 1.165) is 11.3 Å². The van der Waals surface area contributed by atoms with Crippen molar-refractivity contribution in [3.8, 4) is 34.4 Å². The molecule has 0 bridgehead atoms. The minimum Gasteiger partial charge on any atom is -0.497 e. The van der Waals surface area contributed by atoms with Crippen LogP contribution < -0.4 is 18.9 Å². The molecular formula is C19H20N4O4S. The van der Waals surface area contributed by atoms with E-state index < -0.39 is 0 Å². The first kappa shape index (κ1) is 19.4. The minimum absolute atomic E-state index is 0.350. The second-order valence-corrected chi connectivity index (χ2v) is 5.99. The Kier molecular flexibility index (Phi) is 5.95. The van der Waals surface area contributed by atoms with Crippen LogP contribution in [0.5, 0.6) is 23.0 Å². The Morgan fingerprint density at radius 3 is 2.32 bits per heavy atom. The Morgan fingerprint density at radius 2 is 1.71 bits per heavy atom. The van der Waals surface area contributed by atoms with Gasteiger partial charge in [0.2, 0.25) is 10.5 Å². The first-order valence-electron chi connectivity index (χ1n) is 8.27. The van der Waals surface area contributed by atoms with Crippen LogP contribution in [0.3, 0.4) is 0 Å². The maximum absolute atomic E-state index is 5.41. The lowest BCUT2D eigenvalue weighted by Gasteiger charge is -2.13. The van der Waals surface area contributed by atoms with Crippen LogP contribution in [-0.2, 0) is 0 Å². The third-order valence-electron chi connectivity index (χ3n) is 3.99. The van der Waals surface area contributed by atoms with E-state index in [2.05, 4.69) is 15.3 Å². The Hall–Kier alpha value is -3.33. The average molecular weight is 400 g/mol. The van der Waals surface area contributed by atoms with Gasteiger partial charge in [0.1, 0.15) is 5.75 Å². The van der Waals surface area contributed by atoms with Gasteiger partial charge in [-0.3, -0.25) is 0 Å². The number of methoxy groups -OCH3 is 4. The number of hydrogen-bond donors (Lipinski definition) is 1. The minimum atomic E-state index is 0.350. The van der Waals surface area contributed by atoms with Gasteiger partial charge in [-0.2, -0.15) is 14.9 Å². The predicted molar refractivity (Wildman–Crippen MR) is 108 cm³/mol. The zero-order valence-corrected chi connectivity index (χ0v) is 16.7. The van der Waals surface area contributed by atoms with Crippen molar-refractivity contribution in [2.75, 3.05) is 28.4 Å². The lowest BCUT2D eigenvalue weighted by Crippen LogP contribution is -1.99. The summed E-state index contributed by atoms with van der Waals surface area (Å²) in [6.07, 6.45) is 1.68. The van der Waals surface area contributed by atoms with Gasteiger partial charge >= 0.3 is 0 Å². The van der Waals surface area contributed by atoms with Gasteiger partial charge in [-0.1, -0.05) is 12.1 Å². The van der Waals surface area contributed by atoms with Crippen molar-refractivity contribution in [1.29, 1.82) is 0 Å². The normalized spacial score (nSPS) is 10.9. The topological polar surface area (TPSA) is 82.9 Å². The lowest BCUT2D eigenvalue weighted by atomic mass is 10.1. The second-order valence-electron chi connectivity index (χ2n) is 5.60. The largest absolute Gasteiger partial charge is 0.497 e. The van der Waals surface area contributed by atoms with E-state index in [9.17, 15) is 0 Å². The van der Waals surface area contributed by atoms with E-state index in [1.807, 2.05) is 24.3 Å². The number of H-pyrrole nitrogens is 1. The van der Waals surface area contributed by atoms with E-state index in [0.29, 0.717) is 33.4 Å². The maximum Gasteiger partial charge on any atom is 0.216 e. The summed E-state index contributed by atoms with van der Waals surface area (Å²) in [5.74, 6) is 2.76. The van der Waals surface area contributed by atoms with Gasteiger partial charge in [-0.25, -0.2) is 5.10 Å². The number of aromatic nitrogens is 3. The molecule has 2 aromatic carbocycles. The first-order valence-corrected chi connectivity index (χ1v) is 8.68. The second kappa shape index (κ2) is 8.57. The molecular weight excluding hydrogens is 380 g/mol. The van der Waals surface area contributed by atoms with Crippen molar-refractivity contribution in [3.05, 3.63) is 46.7 Å². The van der Waals surface area contributed by atoms with E-state index in [-0.39, 0.29) is 0 Å². The van der Waals surface area contributed by atoms with Crippen LogP contribution in [0.2, 0.25) is 0 Å². The summed E-state index contributed by atoms with van der Waals surface area (Å²) < 4.78 is 23.3. The molecule has 3 aromatic rings. The van der Waals surface area contributed by atoms with Crippen LogP contribution in [-0.4, -0.2) is 49.5 Å². The van der Waals surface area contributed by atoms with Crippen LogP contribution >= 0.6 is 12.2 Å². The monoisotopic (exact) mass is 400 g/mol. The SMILES string of the molecule is COc1cccc(C=Nn2c(-c3cc(OC)c(OC)c(OC)c3)n[nH]c2=S)c1. The molecule has 0 spiro atoms. The van der Waals surface area contributed by atoms with Crippen molar-refractivity contribution in [2.24, 2.45) is 5.10 Å². The van der Waals surface area contributed by atoms with E-state index in [1.165, 1.54) is 4.68 Å².